The lowest BCUT2D eigenvalue weighted by molar-refractivity contribution is 0.0940. The molecule has 3 N–H and O–H groups in total. The highest BCUT2D eigenvalue weighted by Crippen LogP contribution is 2.38. The molecule has 0 atom stereocenters. The first-order valence-corrected chi connectivity index (χ1v) is 8.41. The van der Waals surface area contributed by atoms with Crippen LogP contribution in [0.4, 0.5) is 5.69 Å². The number of nitrogens with one attached hydrogen (secondary N) is 1. The first kappa shape index (κ1) is 13.1. The molecule has 1 amide bonds. The first-order valence-electron chi connectivity index (χ1n) is 7.59. The summed E-state index contributed by atoms with van der Waals surface area (Å²) in [6, 6.07) is 2.15. The molecule has 0 radical (unpaired) electrons. The number of nitrogens with two attached hydrogens (primary N) is 1. The minimum atomic E-state index is -0.0477. The second-order valence-corrected chi connectivity index (χ2v) is 7.51. The second-order valence-electron chi connectivity index (χ2n) is 6.51. The van der Waals surface area contributed by atoms with Crippen LogP contribution in [0.25, 0.3) is 10.2 Å². The molecule has 4 nitrogen and oxygen atoms in total. The minimum Gasteiger partial charge on any atom is -0.397 e. The van der Waals surface area contributed by atoms with Crippen molar-refractivity contribution < 1.29 is 4.79 Å². The number of aryl methyl sites for hydroxylation is 2. The SMILES string of the molecule is CC1(NC(=O)c2sc3nc4c(cc3c2N)CCCC4)CC1. The summed E-state index contributed by atoms with van der Waals surface area (Å²) in [5.74, 6) is -0.0477. The third kappa shape index (κ3) is 2.20. The van der Waals surface area contributed by atoms with Gasteiger partial charge in [-0.1, -0.05) is 0 Å². The number of amides is 1. The molecule has 2 aromatic heterocycles. The van der Waals surface area contributed by atoms with Crippen LogP contribution >= 0.6 is 11.3 Å². The number of nitrogen functional groups attached to an aromatic ring is 1. The molecule has 0 spiro atoms. The maximum Gasteiger partial charge on any atom is 0.263 e. The Morgan fingerprint density at radius 3 is 2.90 bits per heavy atom. The van der Waals surface area contributed by atoms with Crippen LogP contribution in [0.3, 0.4) is 0 Å². The maximum absolute atomic E-state index is 12.4. The summed E-state index contributed by atoms with van der Waals surface area (Å²) in [6.07, 6.45) is 6.65. The monoisotopic (exact) mass is 301 g/mol. The Morgan fingerprint density at radius 1 is 1.38 bits per heavy atom. The van der Waals surface area contributed by atoms with Crippen LogP contribution in [0.5, 0.6) is 0 Å². The lowest BCUT2D eigenvalue weighted by Gasteiger charge is -2.14. The molecule has 1 saturated carbocycles. The number of hydrogen-bond acceptors (Lipinski definition) is 4. The minimum absolute atomic E-state index is 0.0215. The summed E-state index contributed by atoms with van der Waals surface area (Å²) in [5, 5.41) is 4.03. The molecule has 1 fully saturated rings. The summed E-state index contributed by atoms with van der Waals surface area (Å²) in [5.41, 5.74) is 9.29. The fourth-order valence-electron chi connectivity index (χ4n) is 2.97. The molecule has 5 heteroatoms. The molecule has 110 valence electrons. The molecule has 0 saturated heterocycles. The van der Waals surface area contributed by atoms with Gasteiger partial charge < -0.3 is 11.1 Å². The number of carbonyl (C=O) groups is 1. The summed E-state index contributed by atoms with van der Waals surface area (Å²) >= 11 is 1.43. The van der Waals surface area contributed by atoms with Crippen LogP contribution in [0.15, 0.2) is 6.07 Å². The molecule has 0 aliphatic heterocycles. The number of aromatic nitrogens is 1. The zero-order chi connectivity index (χ0) is 14.6. The molecule has 0 unspecified atom stereocenters. The van der Waals surface area contributed by atoms with E-state index in [0.29, 0.717) is 10.6 Å². The van der Waals surface area contributed by atoms with Crippen molar-refractivity contribution in [3.8, 4) is 0 Å². The molecule has 4 rings (SSSR count). The Kier molecular flexibility index (Phi) is 2.76. The Bertz CT molecular complexity index is 746. The Morgan fingerprint density at radius 2 is 2.14 bits per heavy atom. The highest BCUT2D eigenvalue weighted by Gasteiger charge is 2.39. The normalized spacial score (nSPS) is 19.3. The van der Waals surface area contributed by atoms with Gasteiger partial charge in [-0.25, -0.2) is 4.98 Å². The van der Waals surface area contributed by atoms with Crippen molar-refractivity contribution in [2.24, 2.45) is 0 Å². The molecule has 2 aliphatic carbocycles. The third-order valence-electron chi connectivity index (χ3n) is 4.62. The summed E-state index contributed by atoms with van der Waals surface area (Å²) < 4.78 is 0. The van der Waals surface area contributed by atoms with Gasteiger partial charge in [-0.2, -0.15) is 0 Å². The van der Waals surface area contributed by atoms with E-state index in [4.69, 9.17) is 10.7 Å². The van der Waals surface area contributed by atoms with Gasteiger partial charge in [0.25, 0.3) is 5.91 Å². The molecule has 0 aromatic carbocycles. The van der Waals surface area contributed by atoms with E-state index in [2.05, 4.69) is 18.3 Å². The largest absolute Gasteiger partial charge is 0.397 e. The smallest absolute Gasteiger partial charge is 0.263 e. The van der Waals surface area contributed by atoms with Crippen LogP contribution < -0.4 is 11.1 Å². The number of thiophene rings is 1. The van der Waals surface area contributed by atoms with E-state index in [1.54, 1.807) is 0 Å². The molecule has 21 heavy (non-hydrogen) atoms. The predicted octanol–water partition coefficient (Wildman–Crippen LogP) is 3.04. The Hall–Kier alpha value is -1.62. The highest BCUT2D eigenvalue weighted by molar-refractivity contribution is 7.21. The number of nitrogens with zero attached hydrogens (tertiary/aromatic N) is 1. The molecular formula is C16H19N3OS. The average molecular weight is 301 g/mol. The topological polar surface area (TPSA) is 68.0 Å². The molecule has 2 aliphatic rings. The zero-order valence-corrected chi connectivity index (χ0v) is 13.0. The number of rotatable bonds is 2. The number of fused-ring (bicyclic) bond motifs is 2. The molecule has 0 bridgehead atoms. The van der Waals surface area contributed by atoms with Gasteiger partial charge in [-0.05, 0) is 57.1 Å². The third-order valence-corrected chi connectivity index (χ3v) is 5.73. The first-order chi connectivity index (χ1) is 10.1. The van der Waals surface area contributed by atoms with E-state index >= 15 is 0 Å². The number of anilines is 1. The number of carbonyl (C=O) groups excluding carboxylic acids is 1. The van der Waals surface area contributed by atoms with Crippen LogP contribution in [-0.4, -0.2) is 16.4 Å². The molecular weight excluding hydrogens is 282 g/mol. The fraction of sp³-hybridized carbons (Fsp3) is 0.500. The van der Waals surface area contributed by atoms with Gasteiger partial charge in [-0.15, -0.1) is 11.3 Å². The van der Waals surface area contributed by atoms with Crippen LogP contribution in [0.1, 0.15) is 53.5 Å². The molecule has 2 aromatic rings. The van der Waals surface area contributed by atoms with Crippen LogP contribution in [0, 0.1) is 0 Å². The van der Waals surface area contributed by atoms with Crippen molar-refractivity contribution >= 4 is 33.1 Å². The predicted molar refractivity (Wildman–Crippen MR) is 85.8 cm³/mol. The van der Waals surface area contributed by atoms with Crippen molar-refractivity contribution in [2.45, 2.75) is 51.0 Å². The van der Waals surface area contributed by atoms with Crippen LogP contribution in [0.2, 0.25) is 0 Å². The van der Waals surface area contributed by atoms with Gasteiger partial charge in [0.15, 0.2) is 0 Å². The van der Waals surface area contributed by atoms with Gasteiger partial charge in [0, 0.05) is 16.6 Å². The standard InChI is InChI=1S/C16H19N3OS/c1-16(6-7-16)19-14(20)13-12(17)10-8-9-4-2-3-5-11(9)18-15(10)21-13/h8H,2-7,17H2,1H3,(H,19,20). The lowest BCUT2D eigenvalue weighted by atomic mass is 9.95. The van der Waals surface area contributed by atoms with Crippen molar-refractivity contribution in [1.82, 2.24) is 10.3 Å². The quantitative estimate of drug-likeness (QED) is 0.896. The Labute approximate surface area is 127 Å². The van der Waals surface area contributed by atoms with Gasteiger partial charge in [0.2, 0.25) is 0 Å². The summed E-state index contributed by atoms with van der Waals surface area (Å²) in [4.78, 5) is 18.7. The number of hydrogen-bond donors (Lipinski definition) is 2. The molecule has 2 heterocycles. The van der Waals surface area contributed by atoms with Gasteiger partial charge in [-0.3, -0.25) is 4.79 Å². The van der Waals surface area contributed by atoms with E-state index in [9.17, 15) is 4.79 Å². The van der Waals surface area contributed by atoms with Crippen molar-refractivity contribution in [2.75, 3.05) is 5.73 Å². The van der Waals surface area contributed by atoms with Crippen molar-refractivity contribution in [3.63, 3.8) is 0 Å². The van der Waals surface area contributed by atoms with Crippen LogP contribution in [-0.2, 0) is 12.8 Å². The van der Waals surface area contributed by atoms with Crippen molar-refractivity contribution in [1.29, 1.82) is 0 Å². The van der Waals surface area contributed by atoms with E-state index in [1.807, 2.05) is 0 Å². The van der Waals surface area contributed by atoms with E-state index in [-0.39, 0.29) is 11.4 Å². The van der Waals surface area contributed by atoms with E-state index < -0.39 is 0 Å². The fourth-order valence-corrected chi connectivity index (χ4v) is 3.96. The summed E-state index contributed by atoms with van der Waals surface area (Å²) in [6.45, 7) is 2.07. The summed E-state index contributed by atoms with van der Waals surface area (Å²) in [7, 11) is 0. The zero-order valence-electron chi connectivity index (χ0n) is 12.2. The van der Waals surface area contributed by atoms with E-state index in [1.165, 1.54) is 35.4 Å². The Balaban J connectivity index is 1.76. The number of pyridine rings is 1. The van der Waals surface area contributed by atoms with Crippen molar-refractivity contribution in [3.05, 3.63) is 22.2 Å². The van der Waals surface area contributed by atoms with E-state index in [0.717, 1.165) is 35.9 Å². The highest BCUT2D eigenvalue weighted by atomic mass is 32.1. The maximum atomic E-state index is 12.4. The lowest BCUT2D eigenvalue weighted by Crippen LogP contribution is -2.34. The average Bonchev–Trinajstić information content (AvgIpc) is 3.10. The van der Waals surface area contributed by atoms with Gasteiger partial charge in [0.05, 0.1) is 5.69 Å². The van der Waals surface area contributed by atoms with Gasteiger partial charge >= 0.3 is 0 Å². The van der Waals surface area contributed by atoms with Gasteiger partial charge in [0.1, 0.15) is 9.71 Å². The second kappa shape index (κ2) is 4.44.